The van der Waals surface area contributed by atoms with E-state index in [9.17, 15) is 4.79 Å². The van der Waals surface area contributed by atoms with E-state index in [1.807, 2.05) is 45.0 Å². The summed E-state index contributed by atoms with van der Waals surface area (Å²) in [5, 5.41) is 8.62. The van der Waals surface area contributed by atoms with Crippen LogP contribution in [0.3, 0.4) is 0 Å². The van der Waals surface area contributed by atoms with Crippen LogP contribution in [-0.4, -0.2) is 46.3 Å². The average Bonchev–Trinajstić information content (AvgIpc) is 2.61. The van der Waals surface area contributed by atoms with Crippen LogP contribution in [0, 0.1) is 0 Å². The molecular weight excluding hydrogens is 352 g/mol. The summed E-state index contributed by atoms with van der Waals surface area (Å²) >= 11 is 0. The lowest BCUT2D eigenvalue weighted by Crippen LogP contribution is -2.45. The predicted molar refractivity (Wildman–Crippen MR) is 103 cm³/mol. The van der Waals surface area contributed by atoms with Crippen molar-refractivity contribution in [2.75, 3.05) is 26.4 Å². The van der Waals surface area contributed by atoms with E-state index in [4.69, 9.17) is 23.1 Å². The largest absolute Gasteiger partial charge is 0.500 e. The van der Waals surface area contributed by atoms with E-state index in [2.05, 4.69) is 0 Å². The highest BCUT2D eigenvalue weighted by atomic mass is 28.4. The van der Waals surface area contributed by atoms with E-state index in [-0.39, 0.29) is 0 Å². The SMILES string of the molecule is CCO[Si](CCCCOc1ccc(/C=C/C(=O)O)cc1)(OCC)OCC. The summed E-state index contributed by atoms with van der Waals surface area (Å²) in [6.45, 7) is 8.23. The lowest BCUT2D eigenvalue weighted by Gasteiger charge is -2.28. The van der Waals surface area contributed by atoms with Crippen molar-refractivity contribution in [3.05, 3.63) is 35.9 Å². The van der Waals surface area contributed by atoms with Crippen molar-refractivity contribution >= 4 is 20.8 Å². The average molecular weight is 383 g/mol. The minimum atomic E-state index is -2.56. The molecule has 0 bridgehead atoms. The molecule has 1 rings (SSSR count). The van der Waals surface area contributed by atoms with Gasteiger partial charge in [0, 0.05) is 31.9 Å². The van der Waals surface area contributed by atoms with Crippen LogP contribution in [0.1, 0.15) is 39.2 Å². The second-order valence-corrected chi connectivity index (χ2v) is 8.26. The van der Waals surface area contributed by atoms with E-state index >= 15 is 0 Å². The van der Waals surface area contributed by atoms with Crippen LogP contribution >= 0.6 is 0 Å². The van der Waals surface area contributed by atoms with Gasteiger partial charge >= 0.3 is 14.8 Å². The van der Waals surface area contributed by atoms with Crippen molar-refractivity contribution in [2.24, 2.45) is 0 Å². The second-order valence-electron chi connectivity index (χ2n) is 5.53. The first kappa shape index (κ1) is 22.4. The van der Waals surface area contributed by atoms with Gasteiger partial charge in [-0.3, -0.25) is 0 Å². The Morgan fingerprint density at radius 3 is 2.08 bits per heavy atom. The Balaban J connectivity index is 2.39. The topological polar surface area (TPSA) is 74.2 Å². The van der Waals surface area contributed by atoms with Gasteiger partial charge in [-0.1, -0.05) is 12.1 Å². The van der Waals surface area contributed by atoms with E-state index in [0.717, 1.165) is 36.3 Å². The maximum Gasteiger partial charge on any atom is 0.500 e. The van der Waals surface area contributed by atoms with Crippen molar-refractivity contribution in [3.63, 3.8) is 0 Å². The molecule has 26 heavy (non-hydrogen) atoms. The number of aliphatic carboxylic acids is 1. The fraction of sp³-hybridized carbons (Fsp3) is 0.526. The summed E-state index contributed by atoms with van der Waals surface area (Å²) in [7, 11) is -2.56. The van der Waals surface area contributed by atoms with Gasteiger partial charge in [-0.2, -0.15) is 0 Å². The zero-order valence-corrected chi connectivity index (χ0v) is 16.9. The highest BCUT2D eigenvalue weighted by molar-refractivity contribution is 6.60. The third kappa shape index (κ3) is 8.62. The predicted octanol–water partition coefficient (Wildman–Crippen LogP) is 3.99. The van der Waals surface area contributed by atoms with Crippen LogP contribution in [0.2, 0.25) is 6.04 Å². The molecule has 0 radical (unpaired) electrons. The van der Waals surface area contributed by atoms with Gasteiger partial charge < -0.3 is 23.1 Å². The molecule has 0 atom stereocenters. The molecule has 146 valence electrons. The summed E-state index contributed by atoms with van der Waals surface area (Å²) in [4.78, 5) is 10.5. The molecule has 0 saturated heterocycles. The van der Waals surface area contributed by atoms with Gasteiger partial charge in [0.05, 0.1) is 6.61 Å². The molecule has 1 N–H and O–H groups in total. The summed E-state index contributed by atoms with van der Waals surface area (Å²) in [5.74, 6) is -0.198. The Labute approximate surface area is 157 Å². The first-order valence-electron chi connectivity index (χ1n) is 9.11. The number of hydrogen-bond donors (Lipinski definition) is 1. The number of carboxylic acid groups (broad SMARTS) is 1. The van der Waals surface area contributed by atoms with Gasteiger partial charge in [0.1, 0.15) is 5.75 Å². The fourth-order valence-corrected chi connectivity index (χ4v) is 5.16. The Kier molecular flexibility index (Phi) is 10.9. The minimum absolute atomic E-state index is 0.589. The fourth-order valence-electron chi connectivity index (χ4n) is 2.48. The minimum Gasteiger partial charge on any atom is -0.494 e. The zero-order valence-electron chi connectivity index (χ0n) is 15.9. The summed E-state index contributed by atoms with van der Waals surface area (Å²) in [6.07, 6.45) is 4.45. The first-order chi connectivity index (χ1) is 12.5. The highest BCUT2D eigenvalue weighted by Gasteiger charge is 2.39. The van der Waals surface area contributed by atoms with E-state index in [0.29, 0.717) is 26.4 Å². The molecule has 6 nitrogen and oxygen atoms in total. The smallest absolute Gasteiger partial charge is 0.494 e. The third-order valence-corrected chi connectivity index (χ3v) is 6.69. The van der Waals surface area contributed by atoms with Gasteiger partial charge in [0.25, 0.3) is 0 Å². The standard InChI is InChI=1S/C19H30O6Si/c1-4-23-26(24-5-2,25-6-3)16-8-7-15-22-18-12-9-17(10-13-18)11-14-19(20)21/h9-14H,4-8,15-16H2,1-3H3,(H,20,21)/b14-11+. The Hall–Kier alpha value is -1.67. The molecule has 0 aliphatic carbocycles. The molecule has 0 saturated carbocycles. The van der Waals surface area contributed by atoms with Crippen LogP contribution in [-0.2, 0) is 18.1 Å². The molecule has 1 aromatic rings. The van der Waals surface area contributed by atoms with Crippen LogP contribution in [0.25, 0.3) is 6.08 Å². The normalized spacial score (nSPS) is 11.8. The number of rotatable bonds is 14. The van der Waals surface area contributed by atoms with Gasteiger partial charge in [-0.15, -0.1) is 0 Å². The molecule has 0 heterocycles. The molecular formula is C19H30O6Si. The Bertz CT molecular complexity index is 526. The highest BCUT2D eigenvalue weighted by Crippen LogP contribution is 2.20. The molecule has 0 aliphatic rings. The van der Waals surface area contributed by atoms with E-state index in [1.54, 1.807) is 6.08 Å². The molecule has 0 aliphatic heterocycles. The van der Waals surface area contributed by atoms with E-state index < -0.39 is 14.8 Å². The van der Waals surface area contributed by atoms with E-state index in [1.165, 1.54) is 0 Å². The van der Waals surface area contributed by atoms with Crippen LogP contribution in [0.5, 0.6) is 5.75 Å². The maximum atomic E-state index is 10.5. The number of unbranched alkanes of at least 4 members (excludes halogenated alkanes) is 1. The number of hydrogen-bond acceptors (Lipinski definition) is 5. The van der Waals surface area contributed by atoms with Gasteiger partial charge in [-0.05, 0) is 57.4 Å². The van der Waals surface area contributed by atoms with Crippen molar-refractivity contribution in [2.45, 2.75) is 39.7 Å². The summed E-state index contributed by atoms with van der Waals surface area (Å²) < 4.78 is 23.2. The van der Waals surface area contributed by atoms with Crippen molar-refractivity contribution in [1.82, 2.24) is 0 Å². The molecule has 1 aromatic carbocycles. The number of benzene rings is 1. The lowest BCUT2D eigenvalue weighted by molar-refractivity contribution is -0.131. The third-order valence-electron chi connectivity index (χ3n) is 3.54. The molecule has 0 amide bonds. The molecule has 0 unspecified atom stereocenters. The number of ether oxygens (including phenoxy) is 1. The number of carbonyl (C=O) groups is 1. The van der Waals surface area contributed by atoms with Crippen molar-refractivity contribution in [1.29, 1.82) is 0 Å². The lowest BCUT2D eigenvalue weighted by atomic mass is 10.2. The summed E-state index contributed by atoms with van der Waals surface area (Å²) in [5.41, 5.74) is 0.820. The van der Waals surface area contributed by atoms with Crippen LogP contribution in [0.15, 0.2) is 30.3 Å². The van der Waals surface area contributed by atoms with Crippen LogP contribution < -0.4 is 4.74 Å². The molecule has 0 spiro atoms. The second kappa shape index (κ2) is 12.6. The first-order valence-corrected chi connectivity index (χ1v) is 11.0. The van der Waals surface area contributed by atoms with Crippen molar-refractivity contribution < 1.29 is 27.9 Å². The quantitative estimate of drug-likeness (QED) is 0.298. The molecule has 0 aromatic heterocycles. The van der Waals surface area contributed by atoms with Gasteiger partial charge in [0.2, 0.25) is 0 Å². The van der Waals surface area contributed by atoms with Gasteiger partial charge in [0.15, 0.2) is 0 Å². The molecule has 0 fully saturated rings. The Morgan fingerprint density at radius 2 is 1.58 bits per heavy atom. The summed E-state index contributed by atoms with van der Waals surface area (Å²) in [6, 6.07) is 8.10. The Morgan fingerprint density at radius 1 is 1.00 bits per heavy atom. The maximum absolute atomic E-state index is 10.5. The van der Waals surface area contributed by atoms with Crippen LogP contribution in [0.4, 0.5) is 0 Å². The number of carboxylic acids is 1. The van der Waals surface area contributed by atoms with Crippen molar-refractivity contribution in [3.8, 4) is 5.75 Å². The van der Waals surface area contributed by atoms with Gasteiger partial charge in [-0.25, -0.2) is 4.79 Å². The molecule has 7 heteroatoms. The monoisotopic (exact) mass is 382 g/mol. The zero-order chi connectivity index (χ0) is 19.3.